The fraction of sp³-hybridized carbons (Fsp3) is 0.222. The van der Waals surface area contributed by atoms with Gasteiger partial charge in [0.05, 0.1) is 29.1 Å². The first kappa shape index (κ1) is 17.0. The summed E-state index contributed by atoms with van der Waals surface area (Å²) in [6.45, 7) is 1.76. The Labute approximate surface area is 154 Å². The number of amides is 1. The number of hydrogen-bond acceptors (Lipinski definition) is 7. The van der Waals surface area contributed by atoms with Gasteiger partial charge < -0.3 is 20.7 Å². The molecule has 0 aliphatic heterocycles. The van der Waals surface area contributed by atoms with E-state index in [2.05, 4.69) is 20.6 Å². The highest BCUT2D eigenvalue weighted by molar-refractivity contribution is 6.02. The molecule has 1 aliphatic carbocycles. The first-order chi connectivity index (χ1) is 13.0. The molecule has 0 radical (unpaired) electrons. The van der Waals surface area contributed by atoms with Crippen LogP contribution in [0.2, 0.25) is 0 Å². The summed E-state index contributed by atoms with van der Waals surface area (Å²) in [5, 5.41) is 21.6. The lowest BCUT2D eigenvalue weighted by atomic mass is 9.97. The van der Waals surface area contributed by atoms with Gasteiger partial charge in [0.1, 0.15) is 0 Å². The molecule has 0 bridgehead atoms. The number of nitrogens with zero attached hydrogens (tertiary/aromatic N) is 4. The van der Waals surface area contributed by atoms with Gasteiger partial charge in [-0.3, -0.25) is 4.79 Å². The van der Waals surface area contributed by atoms with Gasteiger partial charge >= 0.3 is 0 Å². The second-order valence-corrected chi connectivity index (χ2v) is 6.34. The fourth-order valence-corrected chi connectivity index (χ4v) is 3.06. The Kier molecular flexibility index (Phi) is 4.21. The SMILES string of the molecule is Cc1noc(CC2=CC=C(Nc3c(C(N)=O)cnn4cccc34)C(O)C2)n1. The smallest absolute Gasteiger partial charge is 0.252 e. The molecular formula is C18H18N6O3. The number of carbonyl (C=O) groups is 1. The van der Waals surface area contributed by atoms with Crippen molar-refractivity contribution in [2.45, 2.75) is 25.9 Å². The van der Waals surface area contributed by atoms with Gasteiger partial charge in [-0.1, -0.05) is 16.8 Å². The number of fused-ring (bicyclic) bond motifs is 1. The number of hydrogen-bond donors (Lipinski definition) is 3. The van der Waals surface area contributed by atoms with Crippen LogP contribution in [0.3, 0.4) is 0 Å². The fourth-order valence-electron chi connectivity index (χ4n) is 3.06. The molecule has 27 heavy (non-hydrogen) atoms. The lowest BCUT2D eigenvalue weighted by molar-refractivity contribution is 0.100. The summed E-state index contributed by atoms with van der Waals surface area (Å²) in [7, 11) is 0. The Balaban J connectivity index is 1.63. The number of rotatable bonds is 5. The topological polar surface area (TPSA) is 132 Å². The maximum absolute atomic E-state index is 11.8. The average molecular weight is 366 g/mol. The molecule has 0 saturated heterocycles. The molecule has 9 heteroatoms. The van der Waals surface area contributed by atoms with Crippen LogP contribution >= 0.6 is 0 Å². The zero-order valence-electron chi connectivity index (χ0n) is 14.6. The maximum Gasteiger partial charge on any atom is 0.252 e. The van der Waals surface area contributed by atoms with Gasteiger partial charge in [-0.15, -0.1) is 0 Å². The number of primary amides is 1. The van der Waals surface area contributed by atoms with Crippen molar-refractivity contribution in [3.63, 3.8) is 0 Å². The standard InChI is InChI=1S/C18H18N6O3/c1-10-21-16(27-23-10)8-11-4-5-13(15(25)7-11)22-17-12(18(19)26)9-20-24-6-2-3-14(17)24/h2-6,9,15,22,25H,7-8H2,1H3,(H2,19,26). The Bertz CT molecular complexity index is 1080. The van der Waals surface area contributed by atoms with Crippen molar-refractivity contribution in [2.24, 2.45) is 5.73 Å². The van der Waals surface area contributed by atoms with E-state index in [9.17, 15) is 9.90 Å². The Hall–Kier alpha value is -3.46. The summed E-state index contributed by atoms with van der Waals surface area (Å²) >= 11 is 0. The minimum atomic E-state index is -0.766. The number of allylic oxidation sites excluding steroid dienone is 2. The molecule has 0 spiro atoms. The molecule has 0 saturated carbocycles. The molecule has 4 rings (SSSR count). The summed E-state index contributed by atoms with van der Waals surface area (Å²) in [6.07, 6.45) is 6.97. The minimum absolute atomic E-state index is 0.255. The van der Waals surface area contributed by atoms with Gasteiger partial charge in [0, 0.05) is 24.7 Å². The molecule has 0 fully saturated rings. The summed E-state index contributed by atoms with van der Waals surface area (Å²) in [4.78, 5) is 16.0. The molecule has 1 unspecified atom stereocenters. The van der Waals surface area contributed by atoms with Gasteiger partial charge in [0.2, 0.25) is 5.89 Å². The van der Waals surface area contributed by atoms with Gasteiger partial charge in [-0.25, -0.2) is 4.52 Å². The summed E-state index contributed by atoms with van der Waals surface area (Å²) in [5.41, 5.74) is 8.47. The van der Waals surface area contributed by atoms with Crippen LogP contribution in [0.15, 0.2) is 52.5 Å². The highest BCUT2D eigenvalue weighted by atomic mass is 16.5. The van der Waals surface area contributed by atoms with E-state index in [0.717, 1.165) is 5.57 Å². The average Bonchev–Trinajstić information content (AvgIpc) is 3.26. The normalized spacial score (nSPS) is 16.9. The number of aliphatic hydroxyl groups is 1. The Morgan fingerprint density at radius 1 is 1.48 bits per heavy atom. The van der Waals surface area contributed by atoms with Crippen molar-refractivity contribution >= 4 is 17.1 Å². The second-order valence-electron chi connectivity index (χ2n) is 6.34. The van der Waals surface area contributed by atoms with Gasteiger partial charge in [-0.05, 0) is 25.1 Å². The molecule has 9 nitrogen and oxygen atoms in total. The van der Waals surface area contributed by atoms with E-state index in [4.69, 9.17) is 10.3 Å². The highest BCUT2D eigenvalue weighted by Gasteiger charge is 2.21. The lowest BCUT2D eigenvalue weighted by Gasteiger charge is -2.22. The van der Waals surface area contributed by atoms with Crippen LogP contribution in [-0.4, -0.2) is 36.9 Å². The molecule has 1 atom stereocenters. The van der Waals surface area contributed by atoms with Crippen molar-refractivity contribution in [1.29, 1.82) is 0 Å². The maximum atomic E-state index is 11.8. The van der Waals surface area contributed by atoms with E-state index >= 15 is 0 Å². The highest BCUT2D eigenvalue weighted by Crippen LogP contribution is 2.27. The summed E-state index contributed by atoms with van der Waals surface area (Å²) < 4.78 is 6.75. The van der Waals surface area contributed by atoms with E-state index in [1.807, 2.05) is 18.2 Å². The van der Waals surface area contributed by atoms with Gasteiger partial charge in [-0.2, -0.15) is 10.1 Å². The monoisotopic (exact) mass is 366 g/mol. The Morgan fingerprint density at radius 3 is 3.04 bits per heavy atom. The van der Waals surface area contributed by atoms with Crippen molar-refractivity contribution in [3.8, 4) is 0 Å². The number of nitrogens with one attached hydrogen (secondary N) is 1. The summed E-state index contributed by atoms with van der Waals surface area (Å²) in [6, 6.07) is 3.63. The largest absolute Gasteiger partial charge is 0.387 e. The van der Waals surface area contributed by atoms with Crippen LogP contribution in [0.4, 0.5) is 5.69 Å². The van der Waals surface area contributed by atoms with Crippen LogP contribution in [0.1, 0.15) is 28.5 Å². The number of carbonyl (C=O) groups excluding carboxylic acids is 1. The quantitative estimate of drug-likeness (QED) is 0.621. The molecule has 0 aromatic carbocycles. The number of aryl methyl sites for hydroxylation is 1. The molecule has 3 aromatic rings. The third-order valence-corrected chi connectivity index (χ3v) is 4.36. The lowest BCUT2D eigenvalue weighted by Crippen LogP contribution is -2.23. The van der Waals surface area contributed by atoms with Crippen LogP contribution in [0.5, 0.6) is 0 Å². The van der Waals surface area contributed by atoms with Crippen molar-refractivity contribution in [2.75, 3.05) is 5.32 Å². The molecule has 3 aromatic heterocycles. The molecule has 1 amide bonds. The van der Waals surface area contributed by atoms with Crippen LogP contribution in [-0.2, 0) is 6.42 Å². The number of anilines is 1. The van der Waals surface area contributed by atoms with E-state index in [1.54, 1.807) is 23.7 Å². The number of aromatic nitrogens is 4. The summed E-state index contributed by atoms with van der Waals surface area (Å²) in [5.74, 6) is 0.492. The predicted molar refractivity (Wildman–Crippen MR) is 96.9 cm³/mol. The third-order valence-electron chi connectivity index (χ3n) is 4.36. The van der Waals surface area contributed by atoms with E-state index in [1.165, 1.54) is 6.20 Å². The zero-order valence-corrected chi connectivity index (χ0v) is 14.6. The molecule has 1 aliphatic rings. The first-order valence-corrected chi connectivity index (χ1v) is 8.41. The second kappa shape index (κ2) is 6.69. The van der Waals surface area contributed by atoms with Crippen LogP contribution < -0.4 is 11.1 Å². The predicted octanol–water partition coefficient (Wildman–Crippen LogP) is 1.35. The van der Waals surface area contributed by atoms with Crippen LogP contribution in [0, 0.1) is 6.92 Å². The molecular weight excluding hydrogens is 348 g/mol. The van der Waals surface area contributed by atoms with Crippen molar-refractivity contribution < 1.29 is 14.4 Å². The van der Waals surface area contributed by atoms with E-state index in [-0.39, 0.29) is 5.56 Å². The van der Waals surface area contributed by atoms with Gasteiger partial charge in [0.15, 0.2) is 5.82 Å². The van der Waals surface area contributed by atoms with E-state index in [0.29, 0.717) is 41.5 Å². The molecule has 138 valence electrons. The van der Waals surface area contributed by atoms with Crippen molar-refractivity contribution in [3.05, 3.63) is 65.2 Å². The van der Waals surface area contributed by atoms with E-state index < -0.39 is 12.0 Å². The molecule has 3 heterocycles. The number of aliphatic hydroxyl groups excluding tert-OH is 1. The van der Waals surface area contributed by atoms with Crippen LogP contribution in [0.25, 0.3) is 5.52 Å². The Morgan fingerprint density at radius 2 is 2.33 bits per heavy atom. The third kappa shape index (κ3) is 3.32. The minimum Gasteiger partial charge on any atom is -0.387 e. The first-order valence-electron chi connectivity index (χ1n) is 8.41. The van der Waals surface area contributed by atoms with Crippen molar-refractivity contribution in [1.82, 2.24) is 19.8 Å². The zero-order chi connectivity index (χ0) is 19.0. The van der Waals surface area contributed by atoms with Gasteiger partial charge in [0.25, 0.3) is 5.91 Å². The molecule has 4 N–H and O–H groups in total. The number of nitrogens with two attached hydrogens (primary N) is 1.